The second-order valence-electron chi connectivity index (χ2n) is 5.02. The van der Waals surface area contributed by atoms with E-state index in [1.54, 1.807) is 18.3 Å². The third kappa shape index (κ3) is 5.21. The van der Waals surface area contributed by atoms with E-state index in [4.69, 9.17) is 16.3 Å². The average molecular weight is 298 g/mol. The lowest BCUT2D eigenvalue weighted by Gasteiger charge is -2.21. The molecule has 0 spiro atoms. The number of ether oxygens (including phenoxy) is 1. The van der Waals surface area contributed by atoms with Crippen LogP contribution in [-0.4, -0.2) is 31.6 Å². The van der Waals surface area contributed by atoms with Gasteiger partial charge in [-0.1, -0.05) is 19.0 Å². The number of carbonyl (C=O) groups excluding carboxylic acids is 1. The van der Waals surface area contributed by atoms with Crippen molar-refractivity contribution in [3.8, 4) is 5.75 Å². The van der Waals surface area contributed by atoms with E-state index < -0.39 is 5.41 Å². The Morgan fingerprint density at radius 3 is 2.55 bits per heavy atom. The summed E-state index contributed by atoms with van der Waals surface area (Å²) in [6.07, 6.45) is 2.24. The van der Waals surface area contributed by atoms with Gasteiger partial charge >= 0.3 is 0 Å². The summed E-state index contributed by atoms with van der Waals surface area (Å²) in [5.41, 5.74) is 0.445. The quantitative estimate of drug-likeness (QED) is 0.420. The molecule has 0 N–H and O–H groups in total. The van der Waals surface area contributed by atoms with E-state index in [0.29, 0.717) is 18.1 Å². The highest BCUT2D eigenvalue weighted by Gasteiger charge is 2.26. The molecule has 1 aromatic carbocycles. The molecule has 0 saturated heterocycles. The molecule has 0 saturated carbocycles. The van der Waals surface area contributed by atoms with E-state index in [1.807, 2.05) is 26.0 Å². The minimum atomic E-state index is -0.452. The monoisotopic (exact) mass is 297 g/mol. The molecule has 0 aliphatic carbocycles. The van der Waals surface area contributed by atoms with Crippen molar-refractivity contribution in [3.63, 3.8) is 0 Å². The van der Waals surface area contributed by atoms with Crippen LogP contribution in [-0.2, 0) is 9.63 Å². The topological polar surface area (TPSA) is 47.9 Å². The number of benzene rings is 1. The summed E-state index contributed by atoms with van der Waals surface area (Å²) in [5, 5.41) is 3.67. The minimum absolute atomic E-state index is 0.0446. The van der Waals surface area contributed by atoms with Gasteiger partial charge in [-0.3, -0.25) is 4.79 Å². The first-order valence-electron chi connectivity index (χ1n) is 6.38. The maximum Gasteiger partial charge on any atom is 0.175 e. The van der Waals surface area contributed by atoms with E-state index in [0.717, 1.165) is 5.56 Å². The molecule has 1 aromatic rings. The van der Waals surface area contributed by atoms with Crippen LogP contribution in [0.2, 0.25) is 0 Å². The van der Waals surface area contributed by atoms with E-state index >= 15 is 0 Å². The average Bonchev–Trinajstić information content (AvgIpc) is 2.43. The van der Waals surface area contributed by atoms with E-state index in [1.165, 1.54) is 7.11 Å². The largest absolute Gasteiger partial charge is 0.486 e. The Labute approximate surface area is 124 Å². The molecule has 5 heteroatoms. The number of halogens is 1. The summed E-state index contributed by atoms with van der Waals surface area (Å²) in [6.45, 7) is 3.81. The summed E-state index contributed by atoms with van der Waals surface area (Å²) in [7, 11) is 1.49. The normalized spacial score (nSPS) is 11.6. The first-order valence-corrected chi connectivity index (χ1v) is 6.91. The van der Waals surface area contributed by atoms with Gasteiger partial charge in [-0.2, -0.15) is 0 Å². The van der Waals surface area contributed by atoms with Crippen molar-refractivity contribution in [1.29, 1.82) is 0 Å². The molecule has 110 valence electrons. The molecule has 0 aromatic heterocycles. The Kier molecular flexibility index (Phi) is 6.52. The number of ketones is 1. The van der Waals surface area contributed by atoms with Gasteiger partial charge in [0.15, 0.2) is 5.78 Å². The lowest BCUT2D eigenvalue weighted by molar-refractivity contribution is -0.129. The van der Waals surface area contributed by atoms with Gasteiger partial charge in [0, 0.05) is 11.3 Å². The van der Waals surface area contributed by atoms with Crippen molar-refractivity contribution in [1.82, 2.24) is 0 Å². The van der Waals surface area contributed by atoms with Gasteiger partial charge in [-0.05, 0) is 36.2 Å². The predicted molar refractivity (Wildman–Crippen MR) is 80.7 cm³/mol. The molecule has 0 radical (unpaired) electrons. The summed E-state index contributed by atoms with van der Waals surface area (Å²) in [5.74, 6) is 1.16. The van der Waals surface area contributed by atoms with Gasteiger partial charge in [-0.15, -0.1) is 11.6 Å². The summed E-state index contributed by atoms with van der Waals surface area (Å²) in [6, 6.07) is 7.26. The number of hydrogen-bond acceptors (Lipinski definition) is 4. The number of carbonyl (C=O) groups is 1. The molecule has 0 fully saturated rings. The summed E-state index contributed by atoms with van der Waals surface area (Å²) in [4.78, 5) is 16.6. The SMILES string of the molecule is CON=Cc1ccc(OCC(=O)C(C)(C)CCCl)cc1. The molecule has 0 amide bonds. The number of hydrogen-bond donors (Lipinski definition) is 0. The number of oxime groups is 1. The molecular weight excluding hydrogens is 278 g/mol. The maximum absolute atomic E-state index is 12.0. The van der Waals surface area contributed by atoms with Gasteiger partial charge < -0.3 is 9.57 Å². The molecule has 20 heavy (non-hydrogen) atoms. The Hall–Kier alpha value is -1.55. The maximum atomic E-state index is 12.0. The number of rotatable bonds is 8. The smallest absolute Gasteiger partial charge is 0.175 e. The molecule has 0 atom stereocenters. The van der Waals surface area contributed by atoms with Crippen LogP contribution >= 0.6 is 11.6 Å². The van der Waals surface area contributed by atoms with Crippen LogP contribution in [0.5, 0.6) is 5.75 Å². The first-order chi connectivity index (χ1) is 9.49. The zero-order valence-corrected chi connectivity index (χ0v) is 12.8. The van der Waals surface area contributed by atoms with Gasteiger partial charge in [-0.25, -0.2) is 0 Å². The van der Waals surface area contributed by atoms with Crippen LogP contribution in [0, 0.1) is 5.41 Å². The van der Waals surface area contributed by atoms with Crippen molar-refractivity contribution in [2.45, 2.75) is 20.3 Å². The number of Topliss-reactive ketones (excluding diaryl/α,β-unsaturated/α-hetero) is 1. The molecule has 4 nitrogen and oxygen atoms in total. The molecule has 0 heterocycles. The lowest BCUT2D eigenvalue weighted by atomic mass is 9.85. The minimum Gasteiger partial charge on any atom is -0.486 e. The summed E-state index contributed by atoms with van der Waals surface area (Å²) >= 11 is 5.69. The third-order valence-corrected chi connectivity index (χ3v) is 3.22. The number of nitrogens with zero attached hydrogens (tertiary/aromatic N) is 1. The molecule has 0 aliphatic rings. The van der Waals surface area contributed by atoms with Crippen molar-refractivity contribution in [2.24, 2.45) is 10.6 Å². The van der Waals surface area contributed by atoms with Crippen LogP contribution < -0.4 is 4.74 Å². The highest BCUT2D eigenvalue weighted by Crippen LogP contribution is 2.23. The van der Waals surface area contributed by atoms with Gasteiger partial charge in [0.05, 0.1) is 6.21 Å². The van der Waals surface area contributed by atoms with E-state index in [-0.39, 0.29) is 12.4 Å². The Balaban J connectivity index is 2.53. The Morgan fingerprint density at radius 2 is 2.00 bits per heavy atom. The van der Waals surface area contributed by atoms with Gasteiger partial charge in [0.1, 0.15) is 19.5 Å². The fourth-order valence-electron chi connectivity index (χ4n) is 1.48. The second kappa shape index (κ2) is 7.90. The van der Waals surface area contributed by atoms with Crippen molar-refractivity contribution < 1.29 is 14.4 Å². The lowest BCUT2D eigenvalue weighted by Crippen LogP contribution is -2.29. The number of alkyl halides is 1. The zero-order chi connectivity index (χ0) is 15.0. The third-order valence-electron chi connectivity index (χ3n) is 3.03. The molecule has 0 aliphatic heterocycles. The summed E-state index contributed by atoms with van der Waals surface area (Å²) < 4.78 is 5.49. The van der Waals surface area contributed by atoms with Crippen LogP contribution in [0.25, 0.3) is 0 Å². The Morgan fingerprint density at radius 1 is 1.35 bits per heavy atom. The van der Waals surface area contributed by atoms with E-state index in [2.05, 4.69) is 9.99 Å². The van der Waals surface area contributed by atoms with Crippen LogP contribution in [0.15, 0.2) is 29.4 Å². The molecule has 1 rings (SSSR count). The highest BCUT2D eigenvalue weighted by atomic mass is 35.5. The standard InChI is InChI=1S/C15H20ClNO3/c1-15(2,8-9-16)14(18)11-20-13-6-4-12(5-7-13)10-17-19-3/h4-7,10H,8-9,11H2,1-3H3. The second-order valence-corrected chi connectivity index (χ2v) is 5.40. The fraction of sp³-hybridized carbons (Fsp3) is 0.467. The molecule has 0 unspecified atom stereocenters. The molecular formula is C15H20ClNO3. The van der Waals surface area contributed by atoms with Crippen molar-refractivity contribution in [3.05, 3.63) is 29.8 Å². The molecule has 0 bridgehead atoms. The highest BCUT2D eigenvalue weighted by molar-refractivity contribution is 6.18. The van der Waals surface area contributed by atoms with Gasteiger partial charge in [0.2, 0.25) is 0 Å². The fourth-order valence-corrected chi connectivity index (χ4v) is 1.96. The van der Waals surface area contributed by atoms with Crippen LogP contribution in [0.4, 0.5) is 0 Å². The van der Waals surface area contributed by atoms with Gasteiger partial charge in [0.25, 0.3) is 0 Å². The van der Waals surface area contributed by atoms with Crippen LogP contribution in [0.1, 0.15) is 25.8 Å². The van der Waals surface area contributed by atoms with Crippen LogP contribution in [0.3, 0.4) is 0 Å². The predicted octanol–water partition coefficient (Wildman–Crippen LogP) is 3.27. The van der Waals surface area contributed by atoms with Crippen molar-refractivity contribution >= 4 is 23.6 Å². The van der Waals surface area contributed by atoms with E-state index in [9.17, 15) is 4.79 Å². The first kappa shape index (κ1) is 16.5. The van der Waals surface area contributed by atoms with Crippen molar-refractivity contribution in [2.75, 3.05) is 19.6 Å². The Bertz CT molecular complexity index is 455. The zero-order valence-electron chi connectivity index (χ0n) is 12.1.